The molecule has 0 aliphatic carbocycles. The number of carbonyl (C=O) groups excluding carboxylic acids is 2. The van der Waals surface area contributed by atoms with Crippen molar-refractivity contribution in [2.24, 2.45) is 0 Å². The average Bonchev–Trinajstić information content (AvgIpc) is 2.70. The Kier molecular flexibility index (Phi) is 8.21. The monoisotopic (exact) mass is 445 g/mol. The molecular weight excluding hydrogens is 414 g/mol. The van der Waals surface area contributed by atoms with Crippen LogP contribution < -0.4 is 9.62 Å². The first-order chi connectivity index (χ1) is 14.5. The molecule has 2 aromatic rings. The van der Waals surface area contributed by atoms with E-state index in [4.69, 9.17) is 0 Å². The topological polar surface area (TPSA) is 86.8 Å². The molecule has 0 saturated carbocycles. The Morgan fingerprint density at radius 2 is 1.74 bits per heavy atom. The van der Waals surface area contributed by atoms with E-state index in [2.05, 4.69) is 5.32 Å². The molecule has 7 nitrogen and oxygen atoms in total. The van der Waals surface area contributed by atoms with Gasteiger partial charge in [-0.2, -0.15) is 0 Å². The standard InChI is InChI=1S/C23H31N3O4S/c1-6-24-23(28)19(4)25(15-20-12-8-7-11-18(20)3)22(27)16-26(31(5,29)30)21-13-9-10-17(2)14-21/h7-14,19H,6,15-16H2,1-5H3,(H,24,28). The Morgan fingerprint density at radius 1 is 1.06 bits per heavy atom. The highest BCUT2D eigenvalue weighted by Gasteiger charge is 2.30. The van der Waals surface area contributed by atoms with E-state index in [0.717, 1.165) is 27.3 Å². The first-order valence-corrected chi connectivity index (χ1v) is 12.1. The molecule has 8 heteroatoms. The van der Waals surface area contributed by atoms with Crippen LogP contribution >= 0.6 is 0 Å². The zero-order chi connectivity index (χ0) is 23.2. The maximum absolute atomic E-state index is 13.4. The van der Waals surface area contributed by atoms with Gasteiger partial charge in [-0.15, -0.1) is 0 Å². The molecule has 1 unspecified atom stereocenters. The number of nitrogens with one attached hydrogen (secondary N) is 1. The Hall–Kier alpha value is -2.87. The van der Waals surface area contributed by atoms with Crippen molar-refractivity contribution in [2.45, 2.75) is 40.3 Å². The number of anilines is 1. The van der Waals surface area contributed by atoms with Crippen molar-refractivity contribution in [2.75, 3.05) is 23.7 Å². The van der Waals surface area contributed by atoms with E-state index in [1.165, 1.54) is 4.90 Å². The van der Waals surface area contributed by atoms with Gasteiger partial charge in [0, 0.05) is 13.1 Å². The zero-order valence-corrected chi connectivity index (χ0v) is 19.6. The van der Waals surface area contributed by atoms with Gasteiger partial charge in [0.25, 0.3) is 0 Å². The molecule has 0 aromatic heterocycles. The number of hydrogen-bond acceptors (Lipinski definition) is 4. The maximum atomic E-state index is 13.4. The van der Waals surface area contributed by atoms with Gasteiger partial charge in [0.2, 0.25) is 21.8 Å². The van der Waals surface area contributed by atoms with E-state index in [0.29, 0.717) is 12.2 Å². The summed E-state index contributed by atoms with van der Waals surface area (Å²) in [6.45, 7) is 7.50. The molecule has 168 valence electrons. The lowest BCUT2D eigenvalue weighted by Crippen LogP contribution is -2.51. The van der Waals surface area contributed by atoms with Gasteiger partial charge in [0.1, 0.15) is 12.6 Å². The summed E-state index contributed by atoms with van der Waals surface area (Å²) in [7, 11) is -3.72. The smallest absolute Gasteiger partial charge is 0.244 e. The van der Waals surface area contributed by atoms with Crippen LogP contribution in [0.15, 0.2) is 48.5 Å². The van der Waals surface area contributed by atoms with E-state index in [1.54, 1.807) is 32.0 Å². The van der Waals surface area contributed by atoms with E-state index in [1.807, 2.05) is 44.2 Å². The van der Waals surface area contributed by atoms with Crippen molar-refractivity contribution in [1.82, 2.24) is 10.2 Å². The Balaban J connectivity index is 2.40. The van der Waals surface area contributed by atoms with Gasteiger partial charge in [-0.25, -0.2) is 8.42 Å². The quantitative estimate of drug-likeness (QED) is 0.643. The third-order valence-corrected chi connectivity index (χ3v) is 6.23. The van der Waals surface area contributed by atoms with Crippen LogP contribution in [0.25, 0.3) is 0 Å². The summed E-state index contributed by atoms with van der Waals surface area (Å²) in [6, 6.07) is 13.8. The van der Waals surface area contributed by atoms with Crippen LogP contribution in [-0.2, 0) is 26.2 Å². The molecule has 0 aliphatic rings. The number of benzene rings is 2. The third-order valence-electron chi connectivity index (χ3n) is 5.09. The van der Waals surface area contributed by atoms with Crippen molar-refractivity contribution >= 4 is 27.5 Å². The average molecular weight is 446 g/mol. The van der Waals surface area contributed by atoms with Crippen LogP contribution in [0.5, 0.6) is 0 Å². The summed E-state index contributed by atoms with van der Waals surface area (Å²) in [4.78, 5) is 27.3. The summed E-state index contributed by atoms with van der Waals surface area (Å²) >= 11 is 0. The molecule has 2 rings (SSSR count). The second-order valence-corrected chi connectivity index (χ2v) is 9.53. The summed E-state index contributed by atoms with van der Waals surface area (Å²) in [5.41, 5.74) is 3.18. The molecule has 2 amide bonds. The number of likely N-dealkylation sites (N-methyl/N-ethyl adjacent to an activating group) is 1. The SMILES string of the molecule is CCNC(=O)C(C)N(Cc1ccccc1C)C(=O)CN(c1cccc(C)c1)S(C)(=O)=O. The van der Waals surface area contributed by atoms with Crippen LogP contribution in [0, 0.1) is 13.8 Å². The van der Waals surface area contributed by atoms with Crippen LogP contribution in [-0.4, -0.2) is 50.5 Å². The molecule has 0 aliphatic heterocycles. The van der Waals surface area contributed by atoms with Crippen molar-refractivity contribution < 1.29 is 18.0 Å². The first kappa shape index (κ1) is 24.4. The minimum Gasteiger partial charge on any atom is -0.355 e. The van der Waals surface area contributed by atoms with Crippen molar-refractivity contribution in [3.63, 3.8) is 0 Å². The van der Waals surface area contributed by atoms with Crippen molar-refractivity contribution in [3.05, 3.63) is 65.2 Å². The molecule has 0 radical (unpaired) electrons. The number of aryl methyl sites for hydroxylation is 2. The predicted molar refractivity (Wildman–Crippen MR) is 123 cm³/mol. The number of hydrogen-bond donors (Lipinski definition) is 1. The van der Waals surface area contributed by atoms with E-state index >= 15 is 0 Å². The van der Waals surface area contributed by atoms with Crippen LogP contribution in [0.3, 0.4) is 0 Å². The lowest BCUT2D eigenvalue weighted by Gasteiger charge is -2.31. The van der Waals surface area contributed by atoms with Crippen molar-refractivity contribution in [1.29, 1.82) is 0 Å². The van der Waals surface area contributed by atoms with Crippen LogP contribution in [0.1, 0.15) is 30.5 Å². The zero-order valence-electron chi connectivity index (χ0n) is 18.8. The molecule has 1 N–H and O–H groups in total. The third kappa shape index (κ3) is 6.55. The van der Waals surface area contributed by atoms with E-state index < -0.39 is 28.5 Å². The molecule has 1 atom stereocenters. The normalized spacial score (nSPS) is 12.2. The molecule has 0 spiro atoms. The first-order valence-electron chi connectivity index (χ1n) is 10.2. The highest BCUT2D eigenvalue weighted by atomic mass is 32.2. The Morgan fingerprint density at radius 3 is 2.32 bits per heavy atom. The molecule has 0 heterocycles. The number of nitrogens with zero attached hydrogens (tertiary/aromatic N) is 2. The summed E-state index contributed by atoms with van der Waals surface area (Å²) in [6.07, 6.45) is 1.07. The number of carbonyl (C=O) groups is 2. The second-order valence-electron chi connectivity index (χ2n) is 7.63. The minimum absolute atomic E-state index is 0.204. The van der Waals surface area contributed by atoms with Gasteiger partial charge in [-0.05, 0) is 56.5 Å². The highest BCUT2D eigenvalue weighted by Crippen LogP contribution is 2.20. The fourth-order valence-corrected chi connectivity index (χ4v) is 4.11. The van der Waals surface area contributed by atoms with Crippen molar-refractivity contribution in [3.8, 4) is 0 Å². The van der Waals surface area contributed by atoms with Crippen LogP contribution in [0.2, 0.25) is 0 Å². The van der Waals surface area contributed by atoms with Crippen LogP contribution in [0.4, 0.5) is 5.69 Å². The van der Waals surface area contributed by atoms with Gasteiger partial charge in [-0.3, -0.25) is 13.9 Å². The lowest BCUT2D eigenvalue weighted by molar-refractivity contribution is -0.139. The molecule has 2 aromatic carbocycles. The number of rotatable bonds is 9. The number of sulfonamides is 1. The fourth-order valence-electron chi connectivity index (χ4n) is 3.27. The maximum Gasteiger partial charge on any atom is 0.244 e. The molecule has 31 heavy (non-hydrogen) atoms. The minimum atomic E-state index is -3.72. The molecule has 0 bridgehead atoms. The van der Waals surface area contributed by atoms with E-state index in [9.17, 15) is 18.0 Å². The van der Waals surface area contributed by atoms with Gasteiger partial charge in [0.05, 0.1) is 11.9 Å². The largest absolute Gasteiger partial charge is 0.355 e. The summed E-state index contributed by atoms with van der Waals surface area (Å²) in [5, 5.41) is 2.74. The Labute approximate surface area is 185 Å². The lowest BCUT2D eigenvalue weighted by atomic mass is 10.1. The molecular formula is C23H31N3O4S. The fraction of sp³-hybridized carbons (Fsp3) is 0.391. The van der Waals surface area contributed by atoms with Gasteiger partial charge in [-0.1, -0.05) is 36.4 Å². The second kappa shape index (κ2) is 10.4. The van der Waals surface area contributed by atoms with Gasteiger partial charge in [0.15, 0.2) is 0 Å². The number of amides is 2. The highest BCUT2D eigenvalue weighted by molar-refractivity contribution is 7.92. The molecule has 0 fully saturated rings. The Bertz CT molecular complexity index is 1040. The van der Waals surface area contributed by atoms with Gasteiger partial charge >= 0.3 is 0 Å². The molecule has 0 saturated heterocycles. The predicted octanol–water partition coefficient (Wildman–Crippen LogP) is 2.62. The summed E-state index contributed by atoms with van der Waals surface area (Å²) in [5.74, 6) is -0.736. The van der Waals surface area contributed by atoms with E-state index in [-0.39, 0.29) is 12.5 Å². The van der Waals surface area contributed by atoms with Gasteiger partial charge < -0.3 is 10.2 Å². The summed E-state index contributed by atoms with van der Waals surface area (Å²) < 4.78 is 26.1.